The monoisotopic (exact) mass is 253 g/mol. The maximum atomic E-state index is 10.7. The van der Waals surface area contributed by atoms with Crippen molar-refractivity contribution in [1.82, 2.24) is 9.89 Å². The van der Waals surface area contributed by atoms with E-state index in [2.05, 4.69) is 5.10 Å². The van der Waals surface area contributed by atoms with Crippen molar-refractivity contribution >= 4 is 22.4 Å². The highest BCUT2D eigenvalue weighted by atomic mass is 16.7. The lowest BCUT2D eigenvalue weighted by molar-refractivity contribution is -0.549. The Morgan fingerprint density at radius 1 is 1.06 bits per heavy atom. The van der Waals surface area contributed by atoms with Gasteiger partial charge < -0.3 is 20.2 Å². The molecule has 1 heterocycles. The normalized spacial score (nSPS) is 10.4. The van der Waals surface area contributed by atoms with Crippen LogP contribution in [-0.2, 0) is 0 Å². The number of hydrogen-bond acceptors (Lipinski definition) is 7. The van der Waals surface area contributed by atoms with Crippen molar-refractivity contribution in [3.05, 3.63) is 48.5 Å². The van der Waals surface area contributed by atoms with Crippen LogP contribution in [-0.4, -0.2) is 24.8 Å². The van der Waals surface area contributed by atoms with Gasteiger partial charge in [0, 0.05) is 16.9 Å². The minimum Gasteiger partial charge on any atom is -0.358 e. The van der Waals surface area contributed by atoms with Gasteiger partial charge in [-0.05, 0) is 11.0 Å². The largest absolute Gasteiger partial charge is 0.402 e. The molecule has 1 aromatic carbocycles. The summed E-state index contributed by atoms with van der Waals surface area (Å²) in [6, 6.07) is 2.92. The Bertz CT molecular complexity index is 691. The van der Waals surface area contributed by atoms with Crippen molar-refractivity contribution in [2.75, 3.05) is 0 Å². The molecule has 0 N–H and O–H groups in total. The van der Waals surface area contributed by atoms with Crippen LogP contribution in [0.1, 0.15) is 0 Å². The van der Waals surface area contributed by atoms with E-state index in [9.17, 15) is 30.3 Å². The third kappa shape index (κ3) is 1.59. The average Bonchev–Trinajstić information content (AvgIpc) is 2.67. The highest BCUT2D eigenvalue weighted by molar-refractivity contribution is 5.88. The molecule has 18 heavy (non-hydrogen) atoms. The lowest BCUT2D eigenvalue weighted by atomic mass is 10.2. The predicted octanol–water partition coefficient (Wildman–Crippen LogP) is 0.892. The maximum absolute atomic E-state index is 10.7. The van der Waals surface area contributed by atoms with Crippen molar-refractivity contribution in [2.24, 2.45) is 0 Å². The van der Waals surface area contributed by atoms with E-state index in [4.69, 9.17) is 0 Å². The zero-order valence-corrected chi connectivity index (χ0v) is 8.42. The standard InChI is InChI=1S/C7H3N5O6/c13-10(14)4-1-2-6-5(3-4)7(11(15)16)8-9(6)12(17)18/h1-3H. The number of fused-ring (bicyclic) bond motifs is 1. The van der Waals surface area contributed by atoms with Gasteiger partial charge in [0.1, 0.15) is 16.0 Å². The summed E-state index contributed by atoms with van der Waals surface area (Å²) < 4.78 is 0. The number of non-ortho nitro benzene ring substituents is 1. The van der Waals surface area contributed by atoms with Crippen molar-refractivity contribution < 1.29 is 14.9 Å². The number of hydrogen-bond donors (Lipinski definition) is 0. The topological polar surface area (TPSA) is 147 Å². The summed E-state index contributed by atoms with van der Waals surface area (Å²) in [6.45, 7) is 0. The summed E-state index contributed by atoms with van der Waals surface area (Å²) in [7, 11) is 0. The highest BCUT2D eigenvalue weighted by Gasteiger charge is 2.26. The zero-order chi connectivity index (χ0) is 13.4. The van der Waals surface area contributed by atoms with E-state index in [1.54, 1.807) is 0 Å². The van der Waals surface area contributed by atoms with Crippen LogP contribution in [0.3, 0.4) is 0 Å². The minimum absolute atomic E-state index is 0.183. The molecule has 1 aromatic heterocycles. The molecule has 0 unspecified atom stereocenters. The average molecular weight is 253 g/mol. The Kier molecular flexibility index (Phi) is 2.35. The fourth-order valence-electron chi connectivity index (χ4n) is 1.45. The van der Waals surface area contributed by atoms with E-state index in [0.717, 1.165) is 18.2 Å². The second-order valence-electron chi connectivity index (χ2n) is 3.17. The van der Waals surface area contributed by atoms with Gasteiger partial charge in [0.2, 0.25) is 0 Å². The molecular weight excluding hydrogens is 250 g/mol. The van der Waals surface area contributed by atoms with Crippen LogP contribution in [0.4, 0.5) is 11.5 Å². The van der Waals surface area contributed by atoms with E-state index >= 15 is 0 Å². The van der Waals surface area contributed by atoms with Crippen LogP contribution in [0.5, 0.6) is 0 Å². The molecule has 0 amide bonds. The molecule has 0 aliphatic carbocycles. The van der Waals surface area contributed by atoms with E-state index in [1.807, 2.05) is 0 Å². The first-order valence-corrected chi connectivity index (χ1v) is 4.38. The summed E-state index contributed by atoms with van der Waals surface area (Å²) in [5.74, 6) is -0.801. The Labute approximate surface area is 96.6 Å². The molecule has 0 atom stereocenters. The van der Waals surface area contributed by atoms with Crippen molar-refractivity contribution in [2.45, 2.75) is 0 Å². The smallest absolute Gasteiger partial charge is 0.358 e. The van der Waals surface area contributed by atoms with Gasteiger partial charge in [-0.1, -0.05) is 0 Å². The molecule has 2 aromatic rings. The molecule has 2 rings (SSSR count). The summed E-state index contributed by atoms with van der Waals surface area (Å²) in [6.07, 6.45) is 0. The number of benzene rings is 1. The van der Waals surface area contributed by atoms with E-state index in [1.165, 1.54) is 0 Å². The number of rotatable bonds is 3. The quantitative estimate of drug-likeness (QED) is 0.582. The van der Waals surface area contributed by atoms with Crippen molar-refractivity contribution in [3.8, 4) is 0 Å². The molecule has 0 saturated heterocycles. The number of nitro benzene ring substituents is 1. The Morgan fingerprint density at radius 2 is 1.72 bits per heavy atom. The SMILES string of the molecule is O=[N+]([O-])c1ccc2c(c1)c([N+](=O)[O-])nn2[N+](=O)[O-]. The first-order chi connectivity index (χ1) is 8.41. The van der Waals surface area contributed by atoms with Crippen molar-refractivity contribution in [1.29, 1.82) is 0 Å². The third-order valence-electron chi connectivity index (χ3n) is 2.16. The minimum atomic E-state index is -0.957. The first kappa shape index (κ1) is 11.4. The predicted molar refractivity (Wildman–Crippen MR) is 55.4 cm³/mol. The molecule has 0 aliphatic heterocycles. The van der Waals surface area contributed by atoms with E-state index < -0.39 is 26.4 Å². The molecule has 0 aliphatic rings. The Balaban J connectivity index is 2.83. The Hall–Kier alpha value is -3.11. The zero-order valence-electron chi connectivity index (χ0n) is 8.42. The van der Waals surface area contributed by atoms with Gasteiger partial charge in [-0.15, -0.1) is 0 Å². The molecule has 0 fully saturated rings. The lowest BCUT2D eigenvalue weighted by Crippen LogP contribution is -2.10. The molecular formula is C7H3N5O6. The molecule has 92 valence electrons. The molecule has 11 heteroatoms. The van der Waals surface area contributed by atoms with Gasteiger partial charge in [-0.25, -0.2) is 0 Å². The Morgan fingerprint density at radius 3 is 2.22 bits per heavy atom. The lowest BCUT2D eigenvalue weighted by Gasteiger charge is -1.93. The van der Waals surface area contributed by atoms with E-state index in [-0.39, 0.29) is 15.7 Å². The fourth-order valence-corrected chi connectivity index (χ4v) is 1.45. The fraction of sp³-hybridized carbons (Fsp3) is 0. The van der Waals surface area contributed by atoms with Crippen LogP contribution in [0.2, 0.25) is 0 Å². The molecule has 0 spiro atoms. The molecule has 11 nitrogen and oxygen atoms in total. The first-order valence-electron chi connectivity index (χ1n) is 4.38. The van der Waals surface area contributed by atoms with Gasteiger partial charge in [0.05, 0.1) is 9.96 Å². The van der Waals surface area contributed by atoms with Crippen LogP contribution in [0.25, 0.3) is 10.9 Å². The highest BCUT2D eigenvalue weighted by Crippen LogP contribution is 2.28. The van der Waals surface area contributed by atoms with Crippen molar-refractivity contribution in [3.63, 3.8) is 0 Å². The summed E-state index contributed by atoms with van der Waals surface area (Å²) in [5.41, 5.74) is -0.592. The second kappa shape index (κ2) is 3.73. The van der Waals surface area contributed by atoms with Gasteiger partial charge in [0.25, 0.3) is 5.69 Å². The van der Waals surface area contributed by atoms with Crippen LogP contribution < -0.4 is 0 Å². The summed E-state index contributed by atoms with van der Waals surface area (Å²) in [4.78, 5) is 30.3. The van der Waals surface area contributed by atoms with Gasteiger partial charge >= 0.3 is 5.82 Å². The number of nitrogens with zero attached hydrogens (tertiary/aromatic N) is 5. The number of aromatic nitrogens is 2. The van der Waals surface area contributed by atoms with Gasteiger partial charge in [0.15, 0.2) is 0 Å². The van der Waals surface area contributed by atoms with Crippen LogP contribution >= 0.6 is 0 Å². The summed E-state index contributed by atoms with van der Waals surface area (Å²) in [5, 5.41) is 33.8. The maximum Gasteiger partial charge on any atom is 0.402 e. The van der Waals surface area contributed by atoms with E-state index in [0.29, 0.717) is 0 Å². The third-order valence-corrected chi connectivity index (χ3v) is 2.16. The van der Waals surface area contributed by atoms with Gasteiger partial charge in [-0.3, -0.25) is 10.1 Å². The molecule has 0 bridgehead atoms. The van der Waals surface area contributed by atoms with Gasteiger partial charge in [-0.2, -0.15) is 0 Å². The second-order valence-corrected chi connectivity index (χ2v) is 3.17. The molecule has 0 radical (unpaired) electrons. The molecule has 0 saturated carbocycles. The van der Waals surface area contributed by atoms with Crippen LogP contribution in [0, 0.1) is 30.3 Å². The number of nitro groups is 3. The summed E-state index contributed by atoms with van der Waals surface area (Å²) >= 11 is 0. The van der Waals surface area contributed by atoms with Crippen LogP contribution in [0.15, 0.2) is 18.2 Å².